The number of aliphatic hydroxyl groups excluding tert-OH is 1. The first-order valence-electron chi connectivity index (χ1n) is 7.92. The number of aromatic nitrogens is 1. The van der Waals surface area contributed by atoms with E-state index in [1.54, 1.807) is 23.2 Å². The van der Waals surface area contributed by atoms with E-state index in [0.717, 1.165) is 13.1 Å². The highest BCUT2D eigenvalue weighted by Crippen LogP contribution is 2.17. The number of carbonyl (C=O) groups is 1. The van der Waals surface area contributed by atoms with Crippen LogP contribution in [-0.4, -0.2) is 84.9 Å². The van der Waals surface area contributed by atoms with E-state index in [1.807, 2.05) is 6.92 Å². The molecular weight excluding hydrogens is 298 g/mol. The van der Waals surface area contributed by atoms with Gasteiger partial charge >= 0.3 is 0 Å². The molecule has 128 valence electrons. The molecule has 0 bridgehead atoms. The lowest BCUT2D eigenvalue weighted by Gasteiger charge is -2.35. The van der Waals surface area contributed by atoms with Crippen molar-refractivity contribution < 1.29 is 19.4 Å². The van der Waals surface area contributed by atoms with Gasteiger partial charge in [-0.1, -0.05) is 0 Å². The molecule has 1 amide bonds. The fraction of sp³-hybridized carbons (Fsp3) is 0.625. The van der Waals surface area contributed by atoms with E-state index in [4.69, 9.17) is 9.47 Å². The predicted molar refractivity (Wildman–Crippen MR) is 85.6 cm³/mol. The number of pyridine rings is 1. The standard InChI is InChI=1S/C16H25N3O4/c1-3-23-12-13(20)11-18-7-9-19(10-8-18)16(21)14-5-4-6-17-15(14)22-2/h4-6,13,20H,3,7-12H2,1-2H3/t13-/m1/s1. The number of ether oxygens (including phenoxy) is 2. The summed E-state index contributed by atoms with van der Waals surface area (Å²) >= 11 is 0. The molecule has 7 heteroatoms. The summed E-state index contributed by atoms with van der Waals surface area (Å²) in [5, 5.41) is 9.88. The second-order valence-corrected chi connectivity index (χ2v) is 5.47. The van der Waals surface area contributed by atoms with Gasteiger partial charge in [-0.05, 0) is 19.1 Å². The van der Waals surface area contributed by atoms with Gasteiger partial charge in [0.2, 0.25) is 5.88 Å². The fourth-order valence-electron chi connectivity index (χ4n) is 2.62. The van der Waals surface area contributed by atoms with Crippen LogP contribution in [0.3, 0.4) is 0 Å². The summed E-state index contributed by atoms with van der Waals surface area (Å²) in [6.07, 6.45) is 1.11. The van der Waals surface area contributed by atoms with Crippen LogP contribution in [0.25, 0.3) is 0 Å². The van der Waals surface area contributed by atoms with Crippen molar-refractivity contribution in [1.29, 1.82) is 0 Å². The highest BCUT2D eigenvalue weighted by molar-refractivity contribution is 5.96. The Kier molecular flexibility index (Phi) is 6.76. The van der Waals surface area contributed by atoms with Crippen molar-refractivity contribution in [2.24, 2.45) is 0 Å². The molecule has 1 saturated heterocycles. The molecule has 23 heavy (non-hydrogen) atoms. The molecule has 1 atom stereocenters. The molecule has 0 unspecified atom stereocenters. The van der Waals surface area contributed by atoms with Gasteiger partial charge in [0.1, 0.15) is 5.56 Å². The molecule has 0 saturated carbocycles. The van der Waals surface area contributed by atoms with Crippen LogP contribution in [0.4, 0.5) is 0 Å². The van der Waals surface area contributed by atoms with Gasteiger partial charge in [0.05, 0.1) is 19.8 Å². The lowest BCUT2D eigenvalue weighted by Crippen LogP contribution is -2.50. The number of carbonyl (C=O) groups excluding carboxylic acids is 1. The van der Waals surface area contributed by atoms with Crippen molar-refractivity contribution in [2.75, 3.05) is 53.0 Å². The summed E-state index contributed by atoms with van der Waals surface area (Å²) in [5.41, 5.74) is 0.486. The summed E-state index contributed by atoms with van der Waals surface area (Å²) in [5.74, 6) is 0.288. The van der Waals surface area contributed by atoms with Crippen LogP contribution >= 0.6 is 0 Å². The van der Waals surface area contributed by atoms with Crippen LogP contribution in [0.5, 0.6) is 5.88 Å². The fourth-order valence-corrected chi connectivity index (χ4v) is 2.62. The Hall–Kier alpha value is -1.70. The van der Waals surface area contributed by atoms with Crippen molar-refractivity contribution in [2.45, 2.75) is 13.0 Å². The summed E-state index contributed by atoms with van der Waals surface area (Å²) in [6, 6.07) is 3.46. The third-order valence-corrected chi connectivity index (χ3v) is 3.84. The van der Waals surface area contributed by atoms with E-state index in [0.29, 0.717) is 44.3 Å². The largest absolute Gasteiger partial charge is 0.480 e. The number of hydrogen-bond donors (Lipinski definition) is 1. The maximum atomic E-state index is 12.6. The number of piperazine rings is 1. The molecule has 2 rings (SSSR count). The Bertz CT molecular complexity index is 504. The van der Waals surface area contributed by atoms with Gasteiger partial charge in [-0.25, -0.2) is 4.98 Å². The van der Waals surface area contributed by atoms with Crippen LogP contribution in [-0.2, 0) is 4.74 Å². The van der Waals surface area contributed by atoms with E-state index in [1.165, 1.54) is 7.11 Å². The topological polar surface area (TPSA) is 75.1 Å². The Morgan fingerprint density at radius 3 is 2.78 bits per heavy atom. The van der Waals surface area contributed by atoms with Gasteiger partial charge in [-0.15, -0.1) is 0 Å². The highest BCUT2D eigenvalue weighted by atomic mass is 16.5. The quantitative estimate of drug-likeness (QED) is 0.775. The number of rotatable bonds is 7. The van der Waals surface area contributed by atoms with Crippen molar-refractivity contribution in [3.8, 4) is 5.88 Å². The summed E-state index contributed by atoms with van der Waals surface area (Å²) < 4.78 is 10.4. The minimum Gasteiger partial charge on any atom is -0.480 e. The van der Waals surface area contributed by atoms with Crippen molar-refractivity contribution >= 4 is 5.91 Å². The van der Waals surface area contributed by atoms with Crippen LogP contribution in [0.15, 0.2) is 18.3 Å². The maximum absolute atomic E-state index is 12.6. The SMILES string of the molecule is CCOC[C@H](O)CN1CCN(C(=O)c2cccnc2OC)CC1. The van der Waals surface area contributed by atoms with E-state index in [-0.39, 0.29) is 5.91 Å². The van der Waals surface area contributed by atoms with E-state index in [2.05, 4.69) is 9.88 Å². The minimum atomic E-state index is -0.490. The Labute approximate surface area is 136 Å². The lowest BCUT2D eigenvalue weighted by atomic mass is 10.2. The van der Waals surface area contributed by atoms with E-state index >= 15 is 0 Å². The number of aliphatic hydroxyl groups is 1. The number of methoxy groups -OCH3 is 1. The molecule has 1 aromatic rings. The zero-order chi connectivity index (χ0) is 16.7. The molecule has 1 fully saturated rings. The molecule has 1 aliphatic rings. The zero-order valence-electron chi connectivity index (χ0n) is 13.8. The number of β-amino-alcohol motifs (C(OH)–C–C–N with tert-alkyl or cyclic N) is 1. The Balaban J connectivity index is 1.85. The molecule has 7 nitrogen and oxygen atoms in total. The average molecular weight is 323 g/mol. The number of amides is 1. The molecule has 0 spiro atoms. The third-order valence-electron chi connectivity index (χ3n) is 3.84. The van der Waals surface area contributed by atoms with Gasteiger partial charge in [0.15, 0.2) is 0 Å². The lowest BCUT2D eigenvalue weighted by molar-refractivity contribution is 0.0111. The van der Waals surface area contributed by atoms with Crippen LogP contribution < -0.4 is 4.74 Å². The first kappa shape index (κ1) is 17.7. The minimum absolute atomic E-state index is 0.0653. The van der Waals surface area contributed by atoms with E-state index < -0.39 is 6.10 Å². The van der Waals surface area contributed by atoms with Crippen LogP contribution in [0.1, 0.15) is 17.3 Å². The molecular formula is C16H25N3O4. The molecule has 0 aliphatic carbocycles. The van der Waals surface area contributed by atoms with Gasteiger partial charge < -0.3 is 19.5 Å². The summed E-state index contributed by atoms with van der Waals surface area (Å²) in [4.78, 5) is 20.6. The average Bonchev–Trinajstić information content (AvgIpc) is 2.60. The number of hydrogen-bond acceptors (Lipinski definition) is 6. The summed E-state index contributed by atoms with van der Waals surface area (Å²) in [7, 11) is 1.51. The van der Waals surface area contributed by atoms with Gasteiger partial charge in [0, 0.05) is 45.5 Å². The number of nitrogens with zero attached hydrogens (tertiary/aromatic N) is 3. The molecule has 2 heterocycles. The van der Waals surface area contributed by atoms with Crippen molar-refractivity contribution in [3.05, 3.63) is 23.9 Å². The van der Waals surface area contributed by atoms with Gasteiger partial charge in [0.25, 0.3) is 5.91 Å². The maximum Gasteiger partial charge on any atom is 0.259 e. The molecule has 1 aliphatic heterocycles. The smallest absolute Gasteiger partial charge is 0.259 e. The second kappa shape index (κ2) is 8.81. The molecule has 1 aromatic heterocycles. The molecule has 0 aromatic carbocycles. The van der Waals surface area contributed by atoms with Crippen molar-refractivity contribution in [3.63, 3.8) is 0 Å². The third kappa shape index (κ3) is 4.89. The Morgan fingerprint density at radius 1 is 1.39 bits per heavy atom. The van der Waals surface area contributed by atoms with Gasteiger partial charge in [-0.3, -0.25) is 9.69 Å². The first-order valence-corrected chi connectivity index (χ1v) is 7.92. The monoisotopic (exact) mass is 323 g/mol. The predicted octanol–water partition coefficient (Wildman–Crippen LogP) is 0.245. The van der Waals surface area contributed by atoms with Gasteiger partial charge in [-0.2, -0.15) is 0 Å². The summed E-state index contributed by atoms with van der Waals surface area (Å²) in [6.45, 7) is 6.14. The normalized spacial score (nSPS) is 17.1. The van der Waals surface area contributed by atoms with Crippen LogP contribution in [0, 0.1) is 0 Å². The van der Waals surface area contributed by atoms with E-state index in [9.17, 15) is 9.90 Å². The van der Waals surface area contributed by atoms with Crippen LogP contribution in [0.2, 0.25) is 0 Å². The Morgan fingerprint density at radius 2 is 2.13 bits per heavy atom. The first-order chi connectivity index (χ1) is 11.2. The molecule has 1 N–H and O–H groups in total. The van der Waals surface area contributed by atoms with Crippen molar-refractivity contribution in [1.82, 2.24) is 14.8 Å². The second-order valence-electron chi connectivity index (χ2n) is 5.47. The zero-order valence-corrected chi connectivity index (χ0v) is 13.8. The molecule has 0 radical (unpaired) electrons. The highest BCUT2D eigenvalue weighted by Gasteiger charge is 2.25.